The van der Waals surface area contributed by atoms with Gasteiger partial charge in [-0.1, -0.05) is 41.0 Å². The van der Waals surface area contributed by atoms with E-state index >= 15 is 0 Å². The van der Waals surface area contributed by atoms with Crippen LogP contribution in [0, 0.1) is 0 Å². The van der Waals surface area contributed by atoms with E-state index in [0.717, 1.165) is 0 Å². The van der Waals surface area contributed by atoms with E-state index in [-0.39, 0.29) is 12.4 Å². The number of hydrogen-bond donors (Lipinski definition) is 2. The fraction of sp³-hybridized carbons (Fsp3) is 0.200. The number of aromatic nitrogens is 2. The van der Waals surface area contributed by atoms with Gasteiger partial charge in [-0.25, -0.2) is 0 Å². The van der Waals surface area contributed by atoms with Crippen molar-refractivity contribution in [3.8, 4) is 17.1 Å². The lowest BCUT2D eigenvalue weighted by atomic mass is 10.2. The normalized spacial score (nSPS) is 11.6. The molecule has 0 fully saturated rings. The minimum Gasteiger partial charge on any atom is -0.496 e. The third-order valence-corrected chi connectivity index (χ3v) is 4.40. The Kier molecular flexibility index (Phi) is 6.46. The minimum absolute atomic E-state index is 0.220. The molecule has 3 rings (SSSR count). The van der Waals surface area contributed by atoms with Crippen molar-refractivity contribution >= 4 is 23.4 Å². The molecular formula is C20H19ClN4O4. The van der Waals surface area contributed by atoms with Gasteiger partial charge in [-0.05, 0) is 31.2 Å². The summed E-state index contributed by atoms with van der Waals surface area (Å²) in [4.78, 5) is 28.6. The monoisotopic (exact) mass is 414 g/mol. The molecule has 0 aliphatic heterocycles. The molecule has 0 bridgehead atoms. The first-order valence-corrected chi connectivity index (χ1v) is 9.16. The summed E-state index contributed by atoms with van der Waals surface area (Å²) in [5, 5.41) is 9.48. The van der Waals surface area contributed by atoms with Gasteiger partial charge >= 0.3 is 0 Å². The Balaban J connectivity index is 1.58. The van der Waals surface area contributed by atoms with Crippen LogP contribution in [0.15, 0.2) is 53.1 Å². The standard InChI is InChI=1S/C20H19ClN4O4/c1-12(20-24-18(25-29-20)14-8-4-6-10-16(14)28-2)23-17(26)11-22-19(27)13-7-3-5-9-15(13)21/h3-10,12H,11H2,1-2H3,(H,22,27)(H,23,26). The number of benzene rings is 2. The Morgan fingerprint density at radius 1 is 1.17 bits per heavy atom. The quantitative estimate of drug-likeness (QED) is 0.615. The summed E-state index contributed by atoms with van der Waals surface area (Å²) in [6.45, 7) is 1.48. The van der Waals surface area contributed by atoms with E-state index in [1.807, 2.05) is 12.1 Å². The second kappa shape index (κ2) is 9.20. The van der Waals surface area contributed by atoms with Gasteiger partial charge in [0.25, 0.3) is 5.91 Å². The van der Waals surface area contributed by atoms with E-state index in [0.29, 0.717) is 27.7 Å². The second-order valence-corrected chi connectivity index (χ2v) is 6.52. The molecule has 0 saturated heterocycles. The molecule has 2 aromatic carbocycles. The summed E-state index contributed by atoms with van der Waals surface area (Å²) >= 11 is 5.98. The molecule has 0 saturated carbocycles. The van der Waals surface area contributed by atoms with E-state index in [4.69, 9.17) is 20.9 Å². The molecule has 1 heterocycles. The number of hydrogen-bond acceptors (Lipinski definition) is 6. The zero-order chi connectivity index (χ0) is 20.8. The van der Waals surface area contributed by atoms with Gasteiger partial charge in [0.15, 0.2) is 0 Å². The predicted molar refractivity (Wildman–Crippen MR) is 107 cm³/mol. The van der Waals surface area contributed by atoms with Crippen LogP contribution in [0.1, 0.15) is 29.2 Å². The zero-order valence-corrected chi connectivity index (χ0v) is 16.6. The molecule has 1 aromatic heterocycles. The lowest BCUT2D eigenvalue weighted by Crippen LogP contribution is -2.38. The van der Waals surface area contributed by atoms with Crippen LogP contribution < -0.4 is 15.4 Å². The van der Waals surface area contributed by atoms with Gasteiger partial charge in [0.1, 0.15) is 11.8 Å². The molecule has 0 aliphatic rings. The van der Waals surface area contributed by atoms with Crippen molar-refractivity contribution in [2.24, 2.45) is 0 Å². The number of ether oxygens (including phenoxy) is 1. The Morgan fingerprint density at radius 2 is 1.90 bits per heavy atom. The molecule has 1 atom stereocenters. The molecule has 150 valence electrons. The number of para-hydroxylation sites is 1. The fourth-order valence-corrected chi connectivity index (χ4v) is 2.83. The van der Waals surface area contributed by atoms with Crippen molar-refractivity contribution in [1.82, 2.24) is 20.8 Å². The molecular weight excluding hydrogens is 396 g/mol. The summed E-state index contributed by atoms with van der Waals surface area (Å²) < 4.78 is 10.5. The summed E-state index contributed by atoms with van der Waals surface area (Å²) in [7, 11) is 1.56. The first-order valence-electron chi connectivity index (χ1n) is 8.78. The summed E-state index contributed by atoms with van der Waals surface area (Å²) in [5.74, 6) is 0.352. The van der Waals surface area contributed by atoms with Crippen LogP contribution in [-0.2, 0) is 4.79 Å². The van der Waals surface area contributed by atoms with Gasteiger partial charge < -0.3 is 19.9 Å². The Morgan fingerprint density at radius 3 is 2.66 bits per heavy atom. The Hall–Kier alpha value is -3.39. The first kappa shape index (κ1) is 20.3. The number of nitrogens with zero attached hydrogens (tertiary/aromatic N) is 2. The smallest absolute Gasteiger partial charge is 0.253 e. The van der Waals surface area contributed by atoms with Crippen molar-refractivity contribution < 1.29 is 18.8 Å². The Labute approximate surface area is 172 Å². The largest absolute Gasteiger partial charge is 0.496 e. The molecule has 8 nitrogen and oxygen atoms in total. The van der Waals surface area contributed by atoms with Gasteiger partial charge in [-0.15, -0.1) is 0 Å². The van der Waals surface area contributed by atoms with Crippen molar-refractivity contribution in [3.63, 3.8) is 0 Å². The van der Waals surface area contributed by atoms with Crippen molar-refractivity contribution in [2.75, 3.05) is 13.7 Å². The fourth-order valence-electron chi connectivity index (χ4n) is 2.61. The SMILES string of the molecule is COc1ccccc1-c1noc(C(C)NC(=O)CNC(=O)c2ccccc2Cl)n1. The predicted octanol–water partition coefficient (Wildman–Crippen LogP) is 3.01. The van der Waals surface area contributed by atoms with Gasteiger partial charge in [0.2, 0.25) is 17.6 Å². The highest BCUT2D eigenvalue weighted by Gasteiger charge is 2.19. The van der Waals surface area contributed by atoms with Crippen LogP contribution in [-0.4, -0.2) is 35.6 Å². The van der Waals surface area contributed by atoms with Crippen LogP contribution in [0.25, 0.3) is 11.4 Å². The number of amides is 2. The second-order valence-electron chi connectivity index (χ2n) is 6.11. The maximum atomic E-state index is 12.2. The lowest BCUT2D eigenvalue weighted by Gasteiger charge is -2.11. The highest BCUT2D eigenvalue weighted by atomic mass is 35.5. The van der Waals surface area contributed by atoms with Gasteiger partial charge in [-0.3, -0.25) is 9.59 Å². The third-order valence-electron chi connectivity index (χ3n) is 4.07. The molecule has 1 unspecified atom stereocenters. The molecule has 0 spiro atoms. The van der Waals surface area contributed by atoms with E-state index in [9.17, 15) is 9.59 Å². The highest BCUT2D eigenvalue weighted by molar-refractivity contribution is 6.33. The third kappa shape index (κ3) is 4.91. The average molecular weight is 415 g/mol. The maximum Gasteiger partial charge on any atom is 0.253 e. The van der Waals surface area contributed by atoms with Crippen molar-refractivity contribution in [3.05, 3.63) is 65.0 Å². The molecule has 2 amide bonds. The Bertz CT molecular complexity index is 1020. The lowest BCUT2D eigenvalue weighted by molar-refractivity contribution is -0.120. The zero-order valence-electron chi connectivity index (χ0n) is 15.8. The summed E-state index contributed by atoms with van der Waals surface area (Å²) in [6, 6.07) is 13.3. The molecule has 2 N–H and O–H groups in total. The molecule has 0 radical (unpaired) electrons. The molecule has 29 heavy (non-hydrogen) atoms. The molecule has 0 aliphatic carbocycles. The van der Waals surface area contributed by atoms with Gasteiger partial charge in [0, 0.05) is 0 Å². The minimum atomic E-state index is -0.546. The first-order chi connectivity index (χ1) is 14.0. The number of methoxy groups -OCH3 is 1. The van der Waals surface area contributed by atoms with Crippen molar-refractivity contribution in [1.29, 1.82) is 0 Å². The number of halogens is 1. The molecule has 9 heteroatoms. The average Bonchev–Trinajstić information content (AvgIpc) is 3.22. The maximum absolute atomic E-state index is 12.2. The van der Waals surface area contributed by atoms with E-state index in [1.54, 1.807) is 50.4 Å². The van der Waals surface area contributed by atoms with Gasteiger partial charge in [0.05, 0.1) is 29.8 Å². The van der Waals surface area contributed by atoms with Crippen LogP contribution in [0.5, 0.6) is 5.75 Å². The molecule has 3 aromatic rings. The number of nitrogens with one attached hydrogen (secondary N) is 2. The number of carbonyl (C=O) groups excluding carboxylic acids is 2. The topological polar surface area (TPSA) is 106 Å². The van der Waals surface area contributed by atoms with E-state index in [1.165, 1.54) is 0 Å². The summed E-state index contributed by atoms with van der Waals surface area (Å²) in [5.41, 5.74) is 0.976. The van der Waals surface area contributed by atoms with Crippen LogP contribution in [0.3, 0.4) is 0 Å². The van der Waals surface area contributed by atoms with Gasteiger partial charge in [-0.2, -0.15) is 4.98 Å². The number of rotatable bonds is 7. The van der Waals surface area contributed by atoms with E-state index < -0.39 is 17.9 Å². The number of carbonyl (C=O) groups is 2. The highest BCUT2D eigenvalue weighted by Crippen LogP contribution is 2.27. The van der Waals surface area contributed by atoms with Crippen LogP contribution in [0.4, 0.5) is 0 Å². The van der Waals surface area contributed by atoms with Crippen LogP contribution >= 0.6 is 11.6 Å². The van der Waals surface area contributed by atoms with Crippen LogP contribution in [0.2, 0.25) is 5.02 Å². The van der Waals surface area contributed by atoms with Crippen molar-refractivity contribution in [2.45, 2.75) is 13.0 Å². The van der Waals surface area contributed by atoms with E-state index in [2.05, 4.69) is 20.8 Å². The summed E-state index contributed by atoms with van der Waals surface area (Å²) in [6.07, 6.45) is 0.